The number of anilines is 1. The predicted octanol–water partition coefficient (Wildman–Crippen LogP) is 2.93. The number of aromatic nitrogens is 2. The number of nitrogens with one attached hydrogen (secondary N) is 1. The van der Waals surface area contributed by atoms with Gasteiger partial charge >= 0.3 is 0 Å². The van der Waals surface area contributed by atoms with E-state index in [1.165, 1.54) is 0 Å². The van der Waals surface area contributed by atoms with Crippen molar-refractivity contribution in [2.75, 3.05) is 51.5 Å². The Kier molecular flexibility index (Phi) is 8.13. The molecule has 0 amide bonds. The molecule has 38 heavy (non-hydrogen) atoms. The van der Waals surface area contributed by atoms with Crippen molar-refractivity contribution >= 4 is 18.5 Å². The number of nitrogens with zero attached hydrogens (tertiary/aromatic N) is 5. The van der Waals surface area contributed by atoms with Gasteiger partial charge in [0.2, 0.25) is 5.96 Å². The molecule has 1 aliphatic carbocycles. The Hall–Kier alpha value is -2.79. The molecule has 0 unspecified atom stereocenters. The summed E-state index contributed by atoms with van der Waals surface area (Å²) in [6.45, 7) is 11.9. The lowest BCUT2D eigenvalue weighted by atomic mass is 9.85. The van der Waals surface area contributed by atoms with Gasteiger partial charge < -0.3 is 29.5 Å². The maximum Gasteiger partial charge on any atom is 0.240 e. The summed E-state index contributed by atoms with van der Waals surface area (Å²) >= 11 is 0. The van der Waals surface area contributed by atoms with Crippen LogP contribution in [0.15, 0.2) is 34.5 Å². The quantitative estimate of drug-likeness (QED) is 0.424. The largest absolute Gasteiger partial charge is 0.393 e. The molecule has 10 heteroatoms. The Balaban J connectivity index is 1.49. The van der Waals surface area contributed by atoms with E-state index in [-0.39, 0.29) is 17.7 Å². The van der Waals surface area contributed by atoms with Gasteiger partial charge in [0.25, 0.3) is 0 Å². The Labute approximate surface area is 224 Å². The number of hydrogen-bond donors (Lipinski definition) is 2. The van der Waals surface area contributed by atoms with E-state index in [1.54, 1.807) is 7.11 Å². The van der Waals surface area contributed by atoms with Crippen LogP contribution in [0.2, 0.25) is 0 Å². The second-order valence-corrected chi connectivity index (χ2v) is 10.8. The number of hydrogen-bond acceptors (Lipinski definition) is 7. The molecule has 0 aromatic carbocycles. The summed E-state index contributed by atoms with van der Waals surface area (Å²) in [6.07, 6.45) is 5.09. The zero-order valence-electron chi connectivity index (χ0n) is 22.7. The minimum atomic E-state index is -0.221. The zero-order chi connectivity index (χ0) is 26.7. The molecule has 0 bridgehead atoms. The van der Waals surface area contributed by atoms with E-state index >= 15 is 0 Å². The van der Waals surface area contributed by atoms with Crippen LogP contribution < -0.4 is 10.2 Å². The Bertz CT molecular complexity index is 1150. The summed E-state index contributed by atoms with van der Waals surface area (Å²) in [5.74, 6) is 1.70. The third kappa shape index (κ3) is 5.63. The highest BCUT2D eigenvalue weighted by molar-refractivity contribution is 5.84. The Morgan fingerprint density at radius 1 is 1.32 bits per heavy atom. The molecule has 2 saturated heterocycles. The summed E-state index contributed by atoms with van der Waals surface area (Å²) in [6, 6.07) is 6.51. The molecule has 2 N–H and O–H groups in total. The van der Waals surface area contributed by atoms with Crippen molar-refractivity contribution < 1.29 is 19.3 Å². The van der Waals surface area contributed by atoms with Crippen molar-refractivity contribution in [1.29, 1.82) is 0 Å². The molecule has 4 heterocycles. The lowest BCUT2D eigenvalue weighted by Gasteiger charge is -2.48. The van der Waals surface area contributed by atoms with Crippen LogP contribution in [0.4, 0.5) is 5.82 Å². The van der Waals surface area contributed by atoms with Crippen LogP contribution >= 0.6 is 0 Å². The van der Waals surface area contributed by atoms with Crippen molar-refractivity contribution in [2.24, 2.45) is 10.1 Å². The van der Waals surface area contributed by atoms with E-state index < -0.39 is 0 Å². The highest BCUT2D eigenvalue weighted by Crippen LogP contribution is 2.38. The van der Waals surface area contributed by atoms with Crippen LogP contribution in [0.3, 0.4) is 0 Å². The first-order valence-electron chi connectivity index (χ1n) is 13.6. The molecule has 5 rings (SSSR count). The van der Waals surface area contributed by atoms with Crippen LogP contribution in [0.25, 0.3) is 11.1 Å². The van der Waals surface area contributed by atoms with Crippen LogP contribution in [0, 0.1) is 6.92 Å². The molecule has 0 radical (unpaired) electrons. The third-order valence-corrected chi connectivity index (χ3v) is 7.86. The SMILES string of the molecule is C=N/C(=N\n1c(C)c(-c2ccnc(N3CCOC4(COC4)C3)c2)cc1[C@H]1CC[C@H](O)CC1)N[C@@H](C)COC. The molecular formula is C28H40N6O4. The molecule has 1 atom stereocenters. The van der Waals surface area contributed by atoms with Gasteiger partial charge in [0.05, 0.1) is 39.1 Å². The van der Waals surface area contributed by atoms with Crippen molar-refractivity contribution in [3.05, 3.63) is 35.8 Å². The average Bonchev–Trinajstić information content (AvgIpc) is 3.23. The number of methoxy groups -OCH3 is 1. The predicted molar refractivity (Wildman–Crippen MR) is 148 cm³/mol. The number of rotatable bonds is 7. The molecule has 206 valence electrons. The second kappa shape index (κ2) is 11.5. The van der Waals surface area contributed by atoms with Crippen molar-refractivity contribution in [3.63, 3.8) is 0 Å². The van der Waals surface area contributed by atoms with Gasteiger partial charge in [0, 0.05) is 48.8 Å². The average molecular weight is 525 g/mol. The molecule has 2 aromatic rings. The van der Waals surface area contributed by atoms with Gasteiger partial charge in [-0.25, -0.2) is 14.7 Å². The zero-order valence-corrected chi connectivity index (χ0v) is 22.7. The monoisotopic (exact) mass is 524 g/mol. The fourth-order valence-electron chi connectivity index (χ4n) is 5.73. The fraction of sp³-hybridized carbons (Fsp3) is 0.607. The Morgan fingerprint density at radius 3 is 2.79 bits per heavy atom. The summed E-state index contributed by atoms with van der Waals surface area (Å²) in [5, 5.41) is 18.3. The third-order valence-electron chi connectivity index (χ3n) is 7.86. The van der Waals surface area contributed by atoms with Crippen molar-refractivity contribution in [2.45, 2.75) is 63.2 Å². The van der Waals surface area contributed by atoms with Crippen LogP contribution in [0.1, 0.15) is 49.9 Å². The minimum Gasteiger partial charge on any atom is -0.393 e. The molecular weight excluding hydrogens is 484 g/mol. The minimum absolute atomic E-state index is 0.0357. The lowest BCUT2D eigenvalue weighted by molar-refractivity contribution is -0.211. The first-order chi connectivity index (χ1) is 18.4. The number of guanidine groups is 1. The summed E-state index contributed by atoms with van der Waals surface area (Å²) < 4.78 is 18.7. The maximum atomic E-state index is 10.1. The number of aliphatic imine (C=N–C) groups is 1. The Morgan fingerprint density at radius 2 is 2.11 bits per heavy atom. The van der Waals surface area contributed by atoms with Gasteiger partial charge in [0.15, 0.2) is 0 Å². The molecule has 10 nitrogen and oxygen atoms in total. The smallest absolute Gasteiger partial charge is 0.240 e. The van der Waals surface area contributed by atoms with E-state index in [9.17, 15) is 5.11 Å². The first kappa shape index (κ1) is 26.8. The number of pyridine rings is 1. The van der Waals surface area contributed by atoms with E-state index in [1.807, 2.05) is 17.8 Å². The van der Waals surface area contributed by atoms with Gasteiger partial charge in [-0.3, -0.25) is 0 Å². The molecule has 1 spiro atoms. The summed E-state index contributed by atoms with van der Waals surface area (Å²) in [5.41, 5.74) is 4.15. The highest BCUT2D eigenvalue weighted by Gasteiger charge is 2.44. The second-order valence-electron chi connectivity index (χ2n) is 10.8. The molecule has 2 aliphatic heterocycles. The van der Waals surface area contributed by atoms with Crippen molar-refractivity contribution in [1.82, 2.24) is 15.0 Å². The normalized spacial score (nSPS) is 24.2. The van der Waals surface area contributed by atoms with E-state index in [0.29, 0.717) is 38.3 Å². The van der Waals surface area contributed by atoms with Gasteiger partial charge in [0.1, 0.15) is 11.4 Å². The van der Waals surface area contributed by atoms with Crippen LogP contribution in [0.5, 0.6) is 0 Å². The van der Waals surface area contributed by atoms with Gasteiger partial charge in [-0.15, -0.1) is 5.10 Å². The summed E-state index contributed by atoms with van der Waals surface area (Å²) in [4.78, 5) is 11.2. The van der Waals surface area contributed by atoms with Gasteiger partial charge in [-0.05, 0) is 70.0 Å². The number of morpholine rings is 1. The standard InChI is InChI=1S/C28H40N6O4/c1-19(15-36-4)31-27(29-3)32-34-20(2)24(14-25(34)21-5-7-23(35)8-6-21)22-9-10-30-26(13-22)33-11-12-38-28(16-33)17-37-18-28/h9-10,13-14,19,21,23,35H,3,5-8,11-12,15-18H2,1-2,4H3,(H,31,32)/t19-,21-,23-/m0/s1. The number of aliphatic hydroxyl groups is 1. The maximum absolute atomic E-state index is 10.1. The molecule has 2 aromatic heterocycles. The van der Waals surface area contributed by atoms with E-state index in [2.05, 4.69) is 47.0 Å². The lowest BCUT2D eigenvalue weighted by Crippen LogP contribution is -2.63. The van der Waals surface area contributed by atoms with Crippen LogP contribution in [-0.4, -0.2) is 91.8 Å². The molecule has 3 aliphatic rings. The molecule has 1 saturated carbocycles. The van der Waals surface area contributed by atoms with Crippen molar-refractivity contribution in [3.8, 4) is 11.1 Å². The molecule has 3 fully saturated rings. The van der Waals surface area contributed by atoms with Gasteiger partial charge in [-0.2, -0.15) is 0 Å². The topological polar surface area (TPSA) is 106 Å². The first-order valence-corrected chi connectivity index (χ1v) is 13.6. The fourth-order valence-corrected chi connectivity index (χ4v) is 5.73. The summed E-state index contributed by atoms with van der Waals surface area (Å²) in [7, 11) is 1.67. The van der Waals surface area contributed by atoms with Gasteiger partial charge in [-0.1, -0.05) is 0 Å². The van der Waals surface area contributed by atoms with E-state index in [4.69, 9.17) is 24.3 Å². The number of aliphatic hydroxyl groups excluding tert-OH is 1. The highest BCUT2D eigenvalue weighted by atomic mass is 16.6. The van der Waals surface area contributed by atoms with Crippen LogP contribution in [-0.2, 0) is 14.2 Å². The van der Waals surface area contributed by atoms with E-state index in [0.717, 1.165) is 67.1 Å². The number of ether oxygens (including phenoxy) is 3.